The van der Waals surface area contributed by atoms with E-state index in [4.69, 9.17) is 4.74 Å². The second-order valence-electron chi connectivity index (χ2n) is 5.15. The Hall–Kier alpha value is -1.06. The summed E-state index contributed by atoms with van der Waals surface area (Å²) in [7, 11) is 0. The van der Waals surface area contributed by atoms with Gasteiger partial charge in [0.2, 0.25) is 0 Å². The van der Waals surface area contributed by atoms with Gasteiger partial charge in [0.25, 0.3) is 0 Å². The van der Waals surface area contributed by atoms with Gasteiger partial charge in [-0.3, -0.25) is 0 Å². The molecule has 2 atom stereocenters. The summed E-state index contributed by atoms with van der Waals surface area (Å²) in [4.78, 5) is 2.42. The molecule has 100 valence electrons. The lowest BCUT2D eigenvalue weighted by atomic mass is 9.97. The normalized spacial score (nSPS) is 25.0. The number of piperidine rings is 1. The molecule has 0 aromatic heterocycles. The molecule has 0 radical (unpaired) electrons. The molecule has 0 aliphatic carbocycles. The van der Waals surface area contributed by atoms with Gasteiger partial charge in [0.1, 0.15) is 5.75 Å². The van der Waals surface area contributed by atoms with Gasteiger partial charge in [0.05, 0.1) is 12.7 Å². The largest absolute Gasteiger partial charge is 0.494 e. The van der Waals surface area contributed by atoms with Crippen molar-refractivity contribution in [2.45, 2.75) is 25.9 Å². The van der Waals surface area contributed by atoms with Crippen LogP contribution in [0, 0.1) is 5.92 Å². The van der Waals surface area contributed by atoms with Crippen molar-refractivity contribution in [1.82, 2.24) is 4.90 Å². The zero-order valence-electron chi connectivity index (χ0n) is 11.1. The molecule has 1 N–H and O–H groups in total. The summed E-state index contributed by atoms with van der Waals surface area (Å²) in [5.41, 5.74) is 0. The first-order valence-electron chi connectivity index (χ1n) is 6.84. The highest BCUT2D eigenvalue weighted by Crippen LogP contribution is 2.16. The number of ether oxygens (including phenoxy) is 1. The number of nitrogens with zero attached hydrogens (tertiary/aromatic N) is 1. The van der Waals surface area contributed by atoms with E-state index in [2.05, 4.69) is 11.8 Å². The minimum absolute atomic E-state index is 0.109. The molecule has 1 fully saturated rings. The third-order valence-corrected chi connectivity index (χ3v) is 3.57. The van der Waals surface area contributed by atoms with Crippen LogP contribution >= 0.6 is 0 Å². The van der Waals surface area contributed by atoms with E-state index in [1.165, 1.54) is 0 Å². The third kappa shape index (κ3) is 4.00. The number of rotatable bonds is 5. The van der Waals surface area contributed by atoms with Gasteiger partial charge in [0, 0.05) is 19.6 Å². The van der Waals surface area contributed by atoms with Crippen LogP contribution in [0.1, 0.15) is 19.8 Å². The zero-order chi connectivity index (χ0) is 12.8. The monoisotopic (exact) mass is 249 g/mol. The van der Waals surface area contributed by atoms with Gasteiger partial charge >= 0.3 is 0 Å². The van der Waals surface area contributed by atoms with Gasteiger partial charge in [-0.2, -0.15) is 0 Å². The second kappa shape index (κ2) is 6.76. The van der Waals surface area contributed by atoms with Gasteiger partial charge in [-0.05, 0) is 30.9 Å². The summed E-state index contributed by atoms with van der Waals surface area (Å²) < 4.78 is 5.67. The fourth-order valence-electron chi connectivity index (χ4n) is 2.42. The minimum atomic E-state index is -0.109. The second-order valence-corrected chi connectivity index (χ2v) is 5.15. The van der Waals surface area contributed by atoms with Crippen molar-refractivity contribution in [3.8, 4) is 5.75 Å². The van der Waals surface area contributed by atoms with Gasteiger partial charge in [0.15, 0.2) is 0 Å². The van der Waals surface area contributed by atoms with Crippen molar-refractivity contribution in [2.75, 3.05) is 26.2 Å². The fraction of sp³-hybridized carbons (Fsp3) is 0.600. The highest BCUT2D eigenvalue weighted by Gasteiger charge is 2.23. The first-order chi connectivity index (χ1) is 8.75. The molecule has 2 rings (SSSR count). The van der Waals surface area contributed by atoms with Gasteiger partial charge in [-0.25, -0.2) is 0 Å². The molecule has 18 heavy (non-hydrogen) atoms. The number of aliphatic hydroxyl groups is 1. The first-order valence-corrected chi connectivity index (χ1v) is 6.84. The fourth-order valence-corrected chi connectivity index (χ4v) is 2.42. The average Bonchev–Trinajstić information content (AvgIpc) is 2.40. The molecule has 1 saturated heterocycles. The van der Waals surface area contributed by atoms with E-state index in [9.17, 15) is 5.11 Å². The maximum atomic E-state index is 9.66. The van der Waals surface area contributed by atoms with Crippen molar-refractivity contribution < 1.29 is 9.84 Å². The van der Waals surface area contributed by atoms with E-state index in [1.54, 1.807) is 0 Å². The van der Waals surface area contributed by atoms with Crippen molar-refractivity contribution in [2.24, 2.45) is 5.92 Å². The Labute approximate surface area is 109 Å². The molecule has 0 saturated carbocycles. The van der Waals surface area contributed by atoms with E-state index >= 15 is 0 Å². The zero-order valence-corrected chi connectivity index (χ0v) is 11.1. The molecule has 1 heterocycles. The van der Waals surface area contributed by atoms with Crippen LogP contribution in [-0.2, 0) is 0 Å². The summed E-state index contributed by atoms with van der Waals surface area (Å²) in [6, 6.07) is 9.94. The van der Waals surface area contributed by atoms with Crippen molar-refractivity contribution >= 4 is 0 Å². The summed E-state index contributed by atoms with van der Waals surface area (Å²) >= 11 is 0. The lowest BCUT2D eigenvalue weighted by molar-refractivity contribution is 0.0334. The van der Waals surface area contributed by atoms with Crippen molar-refractivity contribution in [3.05, 3.63) is 30.3 Å². The van der Waals surface area contributed by atoms with E-state index in [1.807, 2.05) is 30.3 Å². The predicted octanol–water partition coefficient (Wildman–Crippen LogP) is 2.16. The molecule has 3 nitrogen and oxygen atoms in total. The van der Waals surface area contributed by atoms with Gasteiger partial charge in [-0.15, -0.1) is 0 Å². The maximum Gasteiger partial charge on any atom is 0.119 e. The Bertz CT molecular complexity index is 342. The van der Waals surface area contributed by atoms with Crippen LogP contribution in [0.25, 0.3) is 0 Å². The number of likely N-dealkylation sites (tertiary alicyclic amines) is 1. The Morgan fingerprint density at radius 2 is 2.11 bits per heavy atom. The number of para-hydroxylation sites is 1. The van der Waals surface area contributed by atoms with Gasteiger partial charge < -0.3 is 14.7 Å². The number of benzene rings is 1. The molecule has 0 amide bonds. The van der Waals surface area contributed by atoms with E-state index < -0.39 is 0 Å². The van der Waals surface area contributed by atoms with E-state index in [0.29, 0.717) is 5.92 Å². The Balaban J connectivity index is 1.61. The lowest BCUT2D eigenvalue weighted by Crippen LogP contribution is -2.42. The molecular formula is C15H23NO2. The van der Waals surface area contributed by atoms with Crippen LogP contribution in [0.15, 0.2) is 30.3 Å². The Kier molecular flexibility index (Phi) is 5.02. The molecule has 1 aliphatic rings. The number of aliphatic hydroxyl groups excluding tert-OH is 1. The smallest absolute Gasteiger partial charge is 0.119 e. The highest BCUT2D eigenvalue weighted by molar-refractivity contribution is 5.20. The summed E-state index contributed by atoms with van der Waals surface area (Å²) in [6.45, 7) is 5.96. The summed E-state index contributed by atoms with van der Waals surface area (Å²) in [5, 5.41) is 9.66. The molecule has 0 spiro atoms. The third-order valence-electron chi connectivity index (χ3n) is 3.57. The molecule has 1 aromatic rings. The molecule has 0 bridgehead atoms. The molecular weight excluding hydrogens is 226 g/mol. The van der Waals surface area contributed by atoms with Crippen LogP contribution < -0.4 is 4.74 Å². The Morgan fingerprint density at radius 3 is 2.83 bits per heavy atom. The van der Waals surface area contributed by atoms with Crippen molar-refractivity contribution in [3.63, 3.8) is 0 Å². The van der Waals surface area contributed by atoms with Crippen molar-refractivity contribution in [1.29, 1.82) is 0 Å². The molecule has 2 unspecified atom stereocenters. The van der Waals surface area contributed by atoms with Crippen LogP contribution in [0.3, 0.4) is 0 Å². The van der Waals surface area contributed by atoms with E-state index in [0.717, 1.165) is 44.8 Å². The number of hydrogen-bond donors (Lipinski definition) is 1. The lowest BCUT2D eigenvalue weighted by Gasteiger charge is -2.34. The van der Waals surface area contributed by atoms with Crippen LogP contribution in [0.5, 0.6) is 5.75 Å². The van der Waals surface area contributed by atoms with E-state index in [-0.39, 0.29) is 6.10 Å². The Morgan fingerprint density at radius 1 is 1.33 bits per heavy atom. The standard InChI is InChI=1S/C15H23NO2/c1-13-12-16(10-8-15(13)17)9-5-11-18-14-6-3-2-4-7-14/h2-4,6-7,13,15,17H,5,8-12H2,1H3. The van der Waals surface area contributed by atoms with Crippen LogP contribution in [0.2, 0.25) is 0 Å². The number of hydrogen-bond acceptors (Lipinski definition) is 3. The highest BCUT2D eigenvalue weighted by atomic mass is 16.5. The van der Waals surface area contributed by atoms with Gasteiger partial charge in [-0.1, -0.05) is 25.1 Å². The minimum Gasteiger partial charge on any atom is -0.494 e. The average molecular weight is 249 g/mol. The molecule has 1 aromatic carbocycles. The van der Waals surface area contributed by atoms with Crippen LogP contribution in [0.4, 0.5) is 0 Å². The summed E-state index contributed by atoms with van der Waals surface area (Å²) in [6.07, 6.45) is 1.83. The summed E-state index contributed by atoms with van der Waals surface area (Å²) in [5.74, 6) is 1.34. The maximum absolute atomic E-state index is 9.66. The van der Waals surface area contributed by atoms with Crippen LogP contribution in [-0.4, -0.2) is 42.4 Å². The predicted molar refractivity (Wildman–Crippen MR) is 72.8 cm³/mol. The molecule has 3 heteroatoms. The molecule has 1 aliphatic heterocycles. The SMILES string of the molecule is CC1CN(CCCOc2ccccc2)CCC1O. The first kappa shape index (κ1) is 13.4. The topological polar surface area (TPSA) is 32.7 Å². The quantitative estimate of drug-likeness (QED) is 0.812.